The van der Waals surface area contributed by atoms with Gasteiger partial charge in [0, 0.05) is 5.56 Å². The van der Waals surface area contributed by atoms with Crippen LogP contribution in [0.2, 0.25) is 0 Å². The van der Waals surface area contributed by atoms with E-state index in [9.17, 15) is 26.3 Å². The molecule has 32 heavy (non-hydrogen) atoms. The van der Waals surface area contributed by atoms with Gasteiger partial charge in [0.1, 0.15) is 0 Å². The Balaban J connectivity index is 2.46. The Morgan fingerprint density at radius 1 is 0.656 bits per heavy atom. The minimum Gasteiger partial charge on any atom is -0.351 e. The maximum absolute atomic E-state index is 13.7. The molecule has 186 valence electrons. The van der Waals surface area contributed by atoms with Crippen molar-refractivity contribution >= 4 is 0 Å². The number of hydrogen-bond donors (Lipinski definition) is 0. The third-order valence-corrected chi connectivity index (χ3v) is 5.82. The SMILES string of the molecule is CCCCCCCCCCCCCCC(C)OC(c1ccccc1)(C(F)(F)F)C(F)(F)F. The molecule has 1 nitrogen and oxygen atoms in total. The topological polar surface area (TPSA) is 9.23 Å². The fourth-order valence-electron chi connectivity index (χ4n) is 4.00. The van der Waals surface area contributed by atoms with Crippen LogP contribution in [0.4, 0.5) is 26.3 Å². The summed E-state index contributed by atoms with van der Waals surface area (Å²) in [5.41, 5.74) is -5.26. The minimum atomic E-state index is -5.63. The van der Waals surface area contributed by atoms with Gasteiger partial charge in [-0.25, -0.2) is 0 Å². The lowest BCUT2D eigenvalue weighted by molar-refractivity contribution is -0.398. The van der Waals surface area contributed by atoms with Gasteiger partial charge in [0.2, 0.25) is 0 Å². The second-order valence-corrected chi connectivity index (χ2v) is 8.65. The van der Waals surface area contributed by atoms with Gasteiger partial charge >= 0.3 is 12.4 Å². The maximum atomic E-state index is 13.7. The van der Waals surface area contributed by atoms with E-state index in [1.54, 1.807) is 0 Å². The quantitative estimate of drug-likeness (QED) is 0.173. The molecule has 1 atom stereocenters. The first kappa shape index (κ1) is 28.8. The first-order chi connectivity index (χ1) is 15.1. The van der Waals surface area contributed by atoms with Crippen LogP contribution in [0.1, 0.15) is 103 Å². The van der Waals surface area contributed by atoms with E-state index in [-0.39, 0.29) is 6.42 Å². The van der Waals surface area contributed by atoms with Crippen LogP contribution in [0.3, 0.4) is 0 Å². The van der Waals surface area contributed by atoms with Gasteiger partial charge in [-0.2, -0.15) is 26.3 Å². The fraction of sp³-hybridized carbons (Fsp3) is 0.760. The van der Waals surface area contributed by atoms with E-state index in [0.717, 1.165) is 49.9 Å². The van der Waals surface area contributed by atoms with Crippen LogP contribution in [0.25, 0.3) is 0 Å². The van der Waals surface area contributed by atoms with Crippen LogP contribution in [0, 0.1) is 0 Å². The Bertz CT molecular complexity index is 583. The third kappa shape index (κ3) is 8.95. The average molecular weight is 469 g/mol. The lowest BCUT2D eigenvalue weighted by Crippen LogP contribution is -2.57. The smallest absolute Gasteiger partial charge is 0.351 e. The van der Waals surface area contributed by atoms with Crippen LogP contribution in [-0.4, -0.2) is 18.5 Å². The van der Waals surface area contributed by atoms with Crippen molar-refractivity contribution in [1.82, 2.24) is 0 Å². The highest BCUT2D eigenvalue weighted by Gasteiger charge is 2.73. The molecule has 1 aromatic rings. The van der Waals surface area contributed by atoms with Gasteiger partial charge < -0.3 is 4.74 Å². The molecule has 0 aliphatic rings. The van der Waals surface area contributed by atoms with Crippen molar-refractivity contribution in [3.8, 4) is 0 Å². The number of ether oxygens (including phenoxy) is 1. The normalized spacial score (nSPS) is 14.0. The number of unbranched alkanes of at least 4 members (excludes halogenated alkanes) is 11. The second kappa shape index (κ2) is 14.1. The highest BCUT2D eigenvalue weighted by Crippen LogP contribution is 2.53. The molecule has 1 aromatic carbocycles. The highest BCUT2D eigenvalue weighted by molar-refractivity contribution is 5.27. The summed E-state index contributed by atoms with van der Waals surface area (Å²) in [6, 6.07) is 5.31. The molecule has 0 aromatic heterocycles. The number of hydrogen-bond acceptors (Lipinski definition) is 1. The van der Waals surface area contributed by atoms with Gasteiger partial charge in [0.25, 0.3) is 5.60 Å². The van der Waals surface area contributed by atoms with Crippen LogP contribution < -0.4 is 0 Å². The Hall–Kier alpha value is -1.24. The number of benzene rings is 1. The van der Waals surface area contributed by atoms with Crippen molar-refractivity contribution in [2.45, 2.75) is 121 Å². The van der Waals surface area contributed by atoms with Gasteiger partial charge in [0.05, 0.1) is 6.10 Å². The predicted molar refractivity (Wildman–Crippen MR) is 116 cm³/mol. The Labute approximate surface area is 188 Å². The molecule has 1 rings (SSSR count). The summed E-state index contributed by atoms with van der Waals surface area (Å²) in [6.45, 7) is 3.48. The van der Waals surface area contributed by atoms with Gasteiger partial charge in [-0.1, -0.05) is 114 Å². The molecular formula is C25H38F6O. The molecule has 1 unspecified atom stereocenters. The Morgan fingerprint density at radius 2 is 1.06 bits per heavy atom. The van der Waals surface area contributed by atoms with Crippen molar-refractivity contribution in [1.29, 1.82) is 0 Å². The highest BCUT2D eigenvalue weighted by atomic mass is 19.4. The van der Waals surface area contributed by atoms with Crippen LogP contribution >= 0.6 is 0 Å². The van der Waals surface area contributed by atoms with E-state index in [4.69, 9.17) is 4.74 Å². The molecule has 0 saturated heterocycles. The monoisotopic (exact) mass is 468 g/mol. The molecule has 0 spiro atoms. The number of alkyl halides is 6. The van der Waals surface area contributed by atoms with Crippen molar-refractivity contribution in [3.05, 3.63) is 35.9 Å². The molecule has 0 aliphatic heterocycles. The van der Waals surface area contributed by atoms with E-state index >= 15 is 0 Å². The first-order valence-corrected chi connectivity index (χ1v) is 11.9. The van der Waals surface area contributed by atoms with E-state index in [0.29, 0.717) is 6.42 Å². The summed E-state index contributed by atoms with van der Waals surface area (Å²) in [4.78, 5) is 0. The zero-order valence-corrected chi connectivity index (χ0v) is 19.3. The molecule has 0 fully saturated rings. The van der Waals surface area contributed by atoms with Crippen LogP contribution in [0.15, 0.2) is 30.3 Å². The standard InChI is InChI=1S/C25H38F6O/c1-3-4-5-6-7-8-9-10-11-12-13-15-18-21(2)32-23(24(26,27)28,25(29,30)31)22-19-16-14-17-20-22/h14,16-17,19-21H,3-13,15,18H2,1-2H3. The summed E-state index contributed by atoms with van der Waals surface area (Å²) in [5.74, 6) is 0. The minimum absolute atomic E-state index is 0.151. The zero-order chi connectivity index (χ0) is 24.1. The van der Waals surface area contributed by atoms with Gasteiger partial charge in [-0.15, -0.1) is 0 Å². The predicted octanol–water partition coefficient (Wildman–Crippen LogP) is 9.50. The average Bonchev–Trinajstić information content (AvgIpc) is 2.71. The maximum Gasteiger partial charge on any atom is 0.430 e. The molecule has 0 N–H and O–H groups in total. The van der Waals surface area contributed by atoms with Crippen LogP contribution in [0.5, 0.6) is 0 Å². The van der Waals surface area contributed by atoms with Gasteiger partial charge in [0.15, 0.2) is 0 Å². The molecule has 0 radical (unpaired) electrons. The first-order valence-electron chi connectivity index (χ1n) is 11.9. The Kier molecular flexibility index (Phi) is 12.7. The van der Waals surface area contributed by atoms with Gasteiger partial charge in [-0.05, 0) is 13.3 Å². The number of rotatable bonds is 16. The lowest BCUT2D eigenvalue weighted by atomic mass is 9.91. The summed E-state index contributed by atoms with van der Waals surface area (Å²) >= 11 is 0. The molecule has 0 aliphatic carbocycles. The molecule has 0 amide bonds. The van der Waals surface area contributed by atoms with Crippen molar-refractivity contribution in [2.75, 3.05) is 0 Å². The summed E-state index contributed by atoms with van der Waals surface area (Å²) in [7, 11) is 0. The molecule has 0 saturated carbocycles. The van der Waals surface area contributed by atoms with Gasteiger partial charge in [-0.3, -0.25) is 0 Å². The molecule has 7 heteroatoms. The second-order valence-electron chi connectivity index (χ2n) is 8.65. The van der Waals surface area contributed by atoms with Crippen molar-refractivity contribution < 1.29 is 31.1 Å². The third-order valence-electron chi connectivity index (χ3n) is 5.82. The van der Waals surface area contributed by atoms with Crippen molar-refractivity contribution in [2.24, 2.45) is 0 Å². The lowest BCUT2D eigenvalue weighted by Gasteiger charge is -2.39. The van der Waals surface area contributed by atoms with E-state index in [1.165, 1.54) is 57.9 Å². The largest absolute Gasteiger partial charge is 0.430 e. The summed E-state index contributed by atoms with van der Waals surface area (Å²) in [6.07, 6.45) is 0.922. The molecule has 0 bridgehead atoms. The van der Waals surface area contributed by atoms with Crippen molar-refractivity contribution in [3.63, 3.8) is 0 Å². The van der Waals surface area contributed by atoms with Crippen LogP contribution in [-0.2, 0) is 10.3 Å². The van der Waals surface area contributed by atoms with E-state index in [2.05, 4.69) is 6.92 Å². The summed E-state index contributed by atoms with van der Waals surface area (Å²) in [5, 5.41) is 0. The summed E-state index contributed by atoms with van der Waals surface area (Å²) < 4.78 is 87.3. The van der Waals surface area contributed by atoms with E-state index in [1.807, 2.05) is 0 Å². The molecule has 0 heterocycles. The Morgan fingerprint density at radius 3 is 1.47 bits per heavy atom. The fourth-order valence-corrected chi connectivity index (χ4v) is 4.00. The molecular weight excluding hydrogens is 430 g/mol. The van der Waals surface area contributed by atoms with E-state index < -0.39 is 29.6 Å². The number of halogens is 6. The zero-order valence-electron chi connectivity index (χ0n) is 19.3.